The minimum absolute atomic E-state index is 0.0498. The first-order valence-corrected chi connectivity index (χ1v) is 13.0. The van der Waals surface area contributed by atoms with Crippen LogP contribution < -0.4 is 5.32 Å². The number of halogens is 2. The summed E-state index contributed by atoms with van der Waals surface area (Å²) in [6, 6.07) is 11.1. The topological polar surface area (TPSA) is 86.8 Å². The normalized spacial score (nSPS) is 13.5. The van der Waals surface area contributed by atoms with Crippen molar-refractivity contribution in [3.8, 4) is 0 Å². The second-order valence-corrected chi connectivity index (χ2v) is 9.52. The summed E-state index contributed by atoms with van der Waals surface area (Å²) in [4.78, 5) is 54.3. The lowest BCUT2D eigenvalue weighted by atomic mass is 10.1. The summed E-state index contributed by atoms with van der Waals surface area (Å²) < 4.78 is 0. The van der Waals surface area contributed by atoms with Crippen LogP contribution in [0.2, 0.25) is 10.0 Å². The van der Waals surface area contributed by atoms with Gasteiger partial charge < -0.3 is 10.2 Å². The van der Waals surface area contributed by atoms with Crippen molar-refractivity contribution >= 4 is 46.8 Å². The average Bonchev–Trinajstić information content (AvgIpc) is 3.10. The van der Waals surface area contributed by atoms with Gasteiger partial charge >= 0.3 is 0 Å². The predicted octanol–water partition coefficient (Wildman–Crippen LogP) is 5.09. The van der Waals surface area contributed by atoms with E-state index in [0.29, 0.717) is 39.7 Å². The van der Waals surface area contributed by atoms with Crippen LogP contribution in [0.5, 0.6) is 0 Å². The Morgan fingerprint density at radius 1 is 0.944 bits per heavy atom. The summed E-state index contributed by atoms with van der Waals surface area (Å²) in [6.45, 7) is 4.59. The Kier molecular flexibility index (Phi) is 9.90. The molecule has 2 aromatic rings. The van der Waals surface area contributed by atoms with Gasteiger partial charge in [-0.05, 0) is 43.5 Å². The molecule has 1 N–H and O–H groups in total. The van der Waals surface area contributed by atoms with Gasteiger partial charge in [-0.25, -0.2) is 0 Å². The fourth-order valence-electron chi connectivity index (χ4n) is 4.25. The molecule has 36 heavy (non-hydrogen) atoms. The highest BCUT2D eigenvalue weighted by Gasteiger charge is 2.35. The Morgan fingerprint density at radius 3 is 2.11 bits per heavy atom. The molecule has 0 saturated carbocycles. The van der Waals surface area contributed by atoms with E-state index in [2.05, 4.69) is 5.32 Å². The SMILES string of the molecule is CCCCNC(=O)C(CC)N(Cc1c(Cl)cccc1Cl)C(=O)CCCN1C(=O)c2ccccc2C1=O. The van der Waals surface area contributed by atoms with Gasteiger partial charge in [-0.3, -0.25) is 24.1 Å². The Bertz CT molecular complexity index is 1080. The van der Waals surface area contributed by atoms with Crippen LogP contribution in [0.4, 0.5) is 0 Å². The van der Waals surface area contributed by atoms with Crippen molar-refractivity contribution in [1.29, 1.82) is 0 Å². The molecule has 192 valence electrons. The van der Waals surface area contributed by atoms with Gasteiger partial charge in [0, 0.05) is 41.7 Å². The standard InChI is InChI=1S/C27H31Cl2N3O4/c1-3-5-15-30-25(34)23(4-2)32(17-20-21(28)12-8-13-22(20)29)24(33)14-9-16-31-26(35)18-10-6-7-11-19(18)27(31)36/h6-8,10-13,23H,3-5,9,14-17H2,1-2H3,(H,30,34). The highest BCUT2D eigenvalue weighted by molar-refractivity contribution is 6.36. The number of nitrogens with one attached hydrogen (secondary N) is 1. The van der Waals surface area contributed by atoms with E-state index in [0.717, 1.165) is 12.8 Å². The van der Waals surface area contributed by atoms with Crippen molar-refractivity contribution in [1.82, 2.24) is 15.1 Å². The van der Waals surface area contributed by atoms with Crippen LogP contribution in [0.15, 0.2) is 42.5 Å². The van der Waals surface area contributed by atoms with E-state index in [1.807, 2.05) is 13.8 Å². The molecule has 1 atom stereocenters. The molecule has 0 fully saturated rings. The van der Waals surface area contributed by atoms with Crippen LogP contribution in [-0.4, -0.2) is 52.6 Å². The van der Waals surface area contributed by atoms with E-state index >= 15 is 0 Å². The number of carbonyl (C=O) groups is 4. The molecule has 0 radical (unpaired) electrons. The average molecular weight is 532 g/mol. The quantitative estimate of drug-likeness (QED) is 0.305. The number of hydrogen-bond donors (Lipinski definition) is 1. The minimum atomic E-state index is -0.707. The third-order valence-corrected chi connectivity index (χ3v) is 6.96. The summed E-state index contributed by atoms with van der Waals surface area (Å²) in [6.07, 6.45) is 2.50. The van der Waals surface area contributed by atoms with Gasteiger partial charge in [0.15, 0.2) is 0 Å². The van der Waals surface area contributed by atoms with E-state index in [-0.39, 0.29) is 49.6 Å². The van der Waals surface area contributed by atoms with Gasteiger partial charge in [0.2, 0.25) is 11.8 Å². The number of amides is 4. The van der Waals surface area contributed by atoms with Crippen LogP contribution in [0.1, 0.15) is 72.2 Å². The molecule has 0 aliphatic carbocycles. The molecule has 0 bridgehead atoms. The number of benzene rings is 2. The molecule has 4 amide bonds. The van der Waals surface area contributed by atoms with Gasteiger partial charge in [0.25, 0.3) is 11.8 Å². The molecule has 3 rings (SSSR count). The third kappa shape index (κ3) is 6.26. The molecule has 1 aliphatic heterocycles. The molecule has 1 aliphatic rings. The van der Waals surface area contributed by atoms with Crippen molar-refractivity contribution in [3.63, 3.8) is 0 Å². The number of rotatable bonds is 12. The summed E-state index contributed by atoms with van der Waals surface area (Å²) in [5.41, 5.74) is 1.31. The third-order valence-electron chi connectivity index (χ3n) is 6.26. The fourth-order valence-corrected chi connectivity index (χ4v) is 4.77. The number of carbonyl (C=O) groups excluding carboxylic acids is 4. The van der Waals surface area contributed by atoms with Crippen molar-refractivity contribution in [3.05, 3.63) is 69.2 Å². The minimum Gasteiger partial charge on any atom is -0.354 e. The zero-order chi connectivity index (χ0) is 26.2. The van der Waals surface area contributed by atoms with Gasteiger partial charge in [-0.2, -0.15) is 0 Å². The fraction of sp³-hybridized carbons (Fsp3) is 0.407. The van der Waals surface area contributed by atoms with Crippen LogP contribution in [-0.2, 0) is 16.1 Å². The predicted molar refractivity (Wildman–Crippen MR) is 140 cm³/mol. The maximum absolute atomic E-state index is 13.4. The van der Waals surface area contributed by atoms with Crippen molar-refractivity contribution in [2.75, 3.05) is 13.1 Å². The van der Waals surface area contributed by atoms with E-state index in [1.165, 1.54) is 9.80 Å². The van der Waals surface area contributed by atoms with Crippen LogP contribution in [0.25, 0.3) is 0 Å². The lowest BCUT2D eigenvalue weighted by Crippen LogP contribution is -2.49. The molecule has 2 aromatic carbocycles. The molecule has 9 heteroatoms. The lowest BCUT2D eigenvalue weighted by Gasteiger charge is -2.31. The summed E-state index contributed by atoms with van der Waals surface area (Å²) in [7, 11) is 0. The Labute approximate surface area is 221 Å². The smallest absolute Gasteiger partial charge is 0.261 e. The van der Waals surface area contributed by atoms with Crippen LogP contribution in [0, 0.1) is 0 Å². The molecule has 0 saturated heterocycles. The molecule has 1 heterocycles. The maximum atomic E-state index is 13.4. The van der Waals surface area contributed by atoms with Crippen LogP contribution >= 0.6 is 23.2 Å². The Balaban J connectivity index is 1.73. The second kappa shape index (κ2) is 12.9. The number of unbranched alkanes of at least 4 members (excludes halogenated alkanes) is 1. The molecular weight excluding hydrogens is 501 g/mol. The lowest BCUT2D eigenvalue weighted by molar-refractivity contribution is -0.141. The summed E-state index contributed by atoms with van der Waals surface area (Å²) >= 11 is 12.7. The van der Waals surface area contributed by atoms with Gasteiger partial charge in [0.05, 0.1) is 11.1 Å². The first kappa shape index (κ1) is 27.7. The van der Waals surface area contributed by atoms with Crippen LogP contribution in [0.3, 0.4) is 0 Å². The van der Waals surface area contributed by atoms with E-state index < -0.39 is 6.04 Å². The monoisotopic (exact) mass is 531 g/mol. The Morgan fingerprint density at radius 2 is 1.56 bits per heavy atom. The maximum Gasteiger partial charge on any atom is 0.261 e. The van der Waals surface area contributed by atoms with Crippen molar-refractivity contribution in [2.45, 2.75) is 58.5 Å². The van der Waals surface area contributed by atoms with E-state index in [1.54, 1.807) is 42.5 Å². The number of imide groups is 1. The number of nitrogens with zero attached hydrogens (tertiary/aromatic N) is 2. The van der Waals surface area contributed by atoms with Gasteiger partial charge in [-0.15, -0.1) is 0 Å². The first-order valence-electron chi connectivity index (χ1n) is 12.2. The summed E-state index contributed by atoms with van der Waals surface area (Å²) in [5.74, 6) is -1.23. The second-order valence-electron chi connectivity index (χ2n) is 8.70. The molecular formula is C27H31Cl2N3O4. The van der Waals surface area contributed by atoms with Crippen molar-refractivity contribution < 1.29 is 19.2 Å². The molecule has 1 unspecified atom stereocenters. The first-order chi connectivity index (χ1) is 17.3. The van der Waals surface area contributed by atoms with Gasteiger partial charge in [0.1, 0.15) is 6.04 Å². The largest absolute Gasteiger partial charge is 0.354 e. The molecule has 0 aromatic heterocycles. The zero-order valence-electron chi connectivity index (χ0n) is 20.6. The highest BCUT2D eigenvalue weighted by atomic mass is 35.5. The van der Waals surface area contributed by atoms with E-state index in [9.17, 15) is 19.2 Å². The summed E-state index contributed by atoms with van der Waals surface area (Å²) in [5, 5.41) is 3.73. The molecule has 7 nitrogen and oxygen atoms in total. The zero-order valence-corrected chi connectivity index (χ0v) is 22.1. The van der Waals surface area contributed by atoms with E-state index in [4.69, 9.17) is 23.2 Å². The highest BCUT2D eigenvalue weighted by Crippen LogP contribution is 2.28. The number of fused-ring (bicyclic) bond motifs is 1. The Hall–Kier alpha value is -2.90. The van der Waals surface area contributed by atoms with Crippen molar-refractivity contribution in [2.24, 2.45) is 0 Å². The number of hydrogen-bond acceptors (Lipinski definition) is 4. The molecule has 0 spiro atoms. The van der Waals surface area contributed by atoms with Gasteiger partial charge in [-0.1, -0.05) is 61.7 Å².